The number of aromatic nitrogens is 1. The molecule has 13 heavy (non-hydrogen) atoms. The zero-order valence-electron chi connectivity index (χ0n) is 6.61. The van der Waals surface area contributed by atoms with Gasteiger partial charge < -0.3 is 5.73 Å². The quantitative estimate of drug-likeness (QED) is 0.545. The average Bonchev–Trinajstić information content (AvgIpc) is 2.01. The Morgan fingerprint density at radius 3 is 1.77 bits per heavy atom. The summed E-state index contributed by atoms with van der Waals surface area (Å²) >= 11 is 0. The van der Waals surface area contributed by atoms with Gasteiger partial charge in [-0.2, -0.15) is 13.8 Å². The molecule has 0 bridgehead atoms. The maximum absolute atomic E-state index is 12.8. The second-order valence-corrected chi connectivity index (χ2v) is 2.52. The van der Waals surface area contributed by atoms with Crippen molar-refractivity contribution in [3.63, 3.8) is 0 Å². The van der Waals surface area contributed by atoms with Gasteiger partial charge in [0.05, 0.1) is 0 Å². The number of pyridine rings is 1. The zero-order valence-corrected chi connectivity index (χ0v) is 6.61. The van der Waals surface area contributed by atoms with E-state index in [1.807, 2.05) is 0 Å². The third kappa shape index (κ3) is 1.62. The highest BCUT2D eigenvalue weighted by atomic mass is 19.2. The molecule has 0 aliphatic heterocycles. The van der Waals surface area contributed by atoms with Gasteiger partial charge in [0.2, 0.25) is 0 Å². The summed E-state index contributed by atoms with van der Waals surface area (Å²) in [7, 11) is 0. The molecule has 1 rings (SSSR count). The standard InChI is InChI=1S/C7H6F4N2/c1-2(12)3-4(8)6(10)13-7(11)5(3)9/h2H,12H2,1H3. The van der Waals surface area contributed by atoms with E-state index >= 15 is 0 Å². The first-order chi connectivity index (χ1) is 5.95. The number of hydrogen-bond donors (Lipinski definition) is 1. The van der Waals surface area contributed by atoms with Gasteiger partial charge in [0.15, 0.2) is 11.6 Å². The molecule has 2 N–H and O–H groups in total. The first-order valence-corrected chi connectivity index (χ1v) is 3.40. The lowest BCUT2D eigenvalue weighted by Crippen LogP contribution is -2.14. The van der Waals surface area contributed by atoms with Crippen LogP contribution >= 0.6 is 0 Å². The number of halogens is 4. The number of nitrogens with zero attached hydrogens (tertiary/aromatic N) is 1. The fourth-order valence-corrected chi connectivity index (χ4v) is 0.903. The molecule has 0 spiro atoms. The summed E-state index contributed by atoms with van der Waals surface area (Å²) in [5, 5.41) is 0. The smallest absolute Gasteiger partial charge is 0.252 e. The van der Waals surface area contributed by atoms with E-state index in [2.05, 4.69) is 4.98 Å². The highest BCUT2D eigenvalue weighted by molar-refractivity contribution is 5.20. The van der Waals surface area contributed by atoms with E-state index in [0.29, 0.717) is 0 Å². The molecule has 0 aromatic carbocycles. The van der Waals surface area contributed by atoms with Crippen molar-refractivity contribution in [2.24, 2.45) is 5.73 Å². The first kappa shape index (κ1) is 9.91. The van der Waals surface area contributed by atoms with Crippen molar-refractivity contribution >= 4 is 0 Å². The molecule has 0 saturated carbocycles. The van der Waals surface area contributed by atoms with Gasteiger partial charge in [-0.15, -0.1) is 0 Å². The van der Waals surface area contributed by atoms with E-state index in [-0.39, 0.29) is 0 Å². The van der Waals surface area contributed by atoms with Crippen LogP contribution in [0.25, 0.3) is 0 Å². The lowest BCUT2D eigenvalue weighted by molar-refractivity contribution is 0.389. The normalized spacial score (nSPS) is 13.1. The van der Waals surface area contributed by atoms with Crippen molar-refractivity contribution in [1.82, 2.24) is 4.98 Å². The van der Waals surface area contributed by atoms with Gasteiger partial charge in [0, 0.05) is 11.6 Å². The zero-order chi connectivity index (χ0) is 10.2. The van der Waals surface area contributed by atoms with Gasteiger partial charge in [0.1, 0.15) is 0 Å². The fraction of sp³-hybridized carbons (Fsp3) is 0.286. The second-order valence-electron chi connectivity index (χ2n) is 2.52. The summed E-state index contributed by atoms with van der Waals surface area (Å²) in [6.07, 6.45) is 0. The van der Waals surface area contributed by atoms with Crippen LogP contribution in [0.1, 0.15) is 18.5 Å². The second kappa shape index (κ2) is 3.29. The third-order valence-electron chi connectivity index (χ3n) is 1.49. The molecule has 0 radical (unpaired) electrons. The minimum atomic E-state index is -1.69. The predicted octanol–water partition coefficient (Wildman–Crippen LogP) is 1.66. The van der Waals surface area contributed by atoms with Gasteiger partial charge in [-0.25, -0.2) is 8.78 Å². The van der Waals surface area contributed by atoms with Crippen molar-refractivity contribution in [1.29, 1.82) is 0 Å². The van der Waals surface area contributed by atoms with Crippen molar-refractivity contribution < 1.29 is 17.6 Å². The maximum atomic E-state index is 12.8. The lowest BCUT2D eigenvalue weighted by Gasteiger charge is -2.08. The molecule has 0 fully saturated rings. The monoisotopic (exact) mass is 194 g/mol. The predicted molar refractivity (Wildman–Crippen MR) is 36.7 cm³/mol. The molecule has 0 aliphatic carbocycles. The first-order valence-electron chi connectivity index (χ1n) is 3.40. The summed E-state index contributed by atoms with van der Waals surface area (Å²) in [6, 6.07) is -1.13. The third-order valence-corrected chi connectivity index (χ3v) is 1.49. The molecule has 6 heteroatoms. The summed E-state index contributed by atoms with van der Waals surface area (Å²) in [5.41, 5.74) is 4.28. The molecule has 1 atom stereocenters. The van der Waals surface area contributed by atoms with Gasteiger partial charge in [-0.05, 0) is 6.92 Å². The van der Waals surface area contributed by atoms with Gasteiger partial charge in [-0.1, -0.05) is 0 Å². The van der Waals surface area contributed by atoms with Gasteiger partial charge >= 0.3 is 0 Å². The summed E-state index contributed by atoms with van der Waals surface area (Å²) < 4.78 is 50.4. The van der Waals surface area contributed by atoms with Crippen LogP contribution in [-0.2, 0) is 0 Å². The Hall–Kier alpha value is -1.17. The SMILES string of the molecule is CC(N)c1c(F)c(F)nc(F)c1F. The topological polar surface area (TPSA) is 38.9 Å². The number of nitrogens with two attached hydrogens (primary N) is 1. The Balaban J connectivity index is 3.46. The summed E-state index contributed by atoms with van der Waals surface area (Å²) in [4.78, 5) is 2.38. The van der Waals surface area contributed by atoms with Gasteiger partial charge in [-0.3, -0.25) is 0 Å². The minimum absolute atomic E-state index is 0.829. The van der Waals surface area contributed by atoms with Crippen LogP contribution in [0.2, 0.25) is 0 Å². The number of hydrogen-bond acceptors (Lipinski definition) is 2. The fourth-order valence-electron chi connectivity index (χ4n) is 0.903. The molecular weight excluding hydrogens is 188 g/mol. The minimum Gasteiger partial charge on any atom is -0.324 e. The van der Waals surface area contributed by atoms with Crippen LogP contribution in [-0.4, -0.2) is 4.98 Å². The summed E-state index contributed by atoms with van der Waals surface area (Å²) in [5.74, 6) is -6.47. The van der Waals surface area contributed by atoms with Crippen molar-refractivity contribution in [3.05, 3.63) is 29.1 Å². The van der Waals surface area contributed by atoms with Crippen molar-refractivity contribution in [2.75, 3.05) is 0 Å². The van der Waals surface area contributed by atoms with E-state index < -0.39 is 35.1 Å². The maximum Gasteiger partial charge on any atom is 0.252 e. The molecule has 72 valence electrons. The van der Waals surface area contributed by atoms with E-state index in [1.54, 1.807) is 0 Å². The van der Waals surface area contributed by atoms with E-state index in [4.69, 9.17) is 5.73 Å². The molecule has 2 nitrogen and oxygen atoms in total. The van der Waals surface area contributed by atoms with E-state index in [9.17, 15) is 17.6 Å². The van der Waals surface area contributed by atoms with Crippen LogP contribution in [0.4, 0.5) is 17.6 Å². The van der Waals surface area contributed by atoms with Crippen LogP contribution in [0.15, 0.2) is 0 Å². The lowest BCUT2D eigenvalue weighted by atomic mass is 10.1. The molecule has 1 aromatic heterocycles. The largest absolute Gasteiger partial charge is 0.324 e. The van der Waals surface area contributed by atoms with Crippen molar-refractivity contribution in [3.8, 4) is 0 Å². The Morgan fingerprint density at radius 2 is 1.46 bits per heavy atom. The molecule has 1 heterocycles. The molecule has 0 saturated heterocycles. The van der Waals surface area contributed by atoms with Crippen LogP contribution in [0.3, 0.4) is 0 Å². The van der Waals surface area contributed by atoms with Crippen LogP contribution in [0.5, 0.6) is 0 Å². The van der Waals surface area contributed by atoms with E-state index in [1.165, 1.54) is 6.92 Å². The number of rotatable bonds is 1. The Morgan fingerprint density at radius 1 is 1.08 bits per heavy atom. The molecule has 0 aliphatic rings. The highest BCUT2D eigenvalue weighted by Crippen LogP contribution is 2.21. The Kier molecular flexibility index (Phi) is 2.51. The Bertz CT molecular complexity index is 312. The molecular formula is C7H6F4N2. The van der Waals surface area contributed by atoms with Crippen LogP contribution in [0, 0.1) is 23.5 Å². The Labute approximate surface area is 71.4 Å². The summed E-state index contributed by atoms with van der Waals surface area (Å²) in [6.45, 7) is 1.21. The van der Waals surface area contributed by atoms with Crippen molar-refractivity contribution in [2.45, 2.75) is 13.0 Å². The molecule has 1 aromatic rings. The van der Waals surface area contributed by atoms with Gasteiger partial charge in [0.25, 0.3) is 11.9 Å². The average molecular weight is 194 g/mol. The van der Waals surface area contributed by atoms with Crippen LogP contribution < -0.4 is 5.73 Å². The van der Waals surface area contributed by atoms with E-state index in [0.717, 1.165) is 0 Å². The highest BCUT2D eigenvalue weighted by Gasteiger charge is 2.22. The molecule has 0 amide bonds. The molecule has 1 unspecified atom stereocenters.